The van der Waals surface area contributed by atoms with Gasteiger partial charge in [0.15, 0.2) is 5.82 Å². The van der Waals surface area contributed by atoms with Gasteiger partial charge in [-0.15, -0.1) is 0 Å². The minimum atomic E-state index is -0.324. The van der Waals surface area contributed by atoms with Gasteiger partial charge in [-0.2, -0.15) is 5.10 Å². The van der Waals surface area contributed by atoms with E-state index < -0.39 is 0 Å². The Labute approximate surface area is 199 Å². The van der Waals surface area contributed by atoms with E-state index >= 15 is 0 Å². The maximum absolute atomic E-state index is 14.5. The molecule has 0 aliphatic rings. The molecule has 0 bridgehead atoms. The Morgan fingerprint density at radius 1 is 0.914 bits per heavy atom. The lowest BCUT2D eigenvalue weighted by Crippen LogP contribution is -2.09. The van der Waals surface area contributed by atoms with Crippen molar-refractivity contribution in [3.8, 4) is 33.9 Å². The topological polar surface area (TPSA) is 108 Å². The minimum Gasteiger partial charge on any atom is -0.382 e. The van der Waals surface area contributed by atoms with Crippen LogP contribution < -0.4 is 5.32 Å². The molecule has 6 aromatic rings. The predicted molar refractivity (Wildman–Crippen MR) is 134 cm³/mol. The molecule has 1 aromatic carbocycles. The molecule has 0 aliphatic carbocycles. The fourth-order valence-electron chi connectivity index (χ4n) is 4.17. The molecule has 0 amide bonds. The van der Waals surface area contributed by atoms with Gasteiger partial charge in [0.05, 0.1) is 34.8 Å². The third-order valence-electron chi connectivity index (χ3n) is 5.72. The number of aromatic nitrogens is 7. The third-order valence-corrected chi connectivity index (χ3v) is 5.72. The average Bonchev–Trinajstić information content (AvgIpc) is 3.47. The summed E-state index contributed by atoms with van der Waals surface area (Å²) in [5.41, 5.74) is 6.40. The molecule has 5 heterocycles. The number of aromatic amines is 2. The molecule has 172 valence electrons. The number of hydrogen-bond donors (Lipinski definition) is 3. The van der Waals surface area contributed by atoms with Crippen molar-refractivity contribution >= 4 is 27.6 Å². The lowest BCUT2D eigenvalue weighted by molar-refractivity contribution is 0.631. The van der Waals surface area contributed by atoms with Gasteiger partial charge in [0.25, 0.3) is 0 Å². The summed E-state index contributed by atoms with van der Waals surface area (Å²) in [5.74, 6) is 0.234. The number of anilines is 1. The maximum atomic E-state index is 14.5. The SMILES string of the molecule is CC(C)Nc1cncc(-c2cc3c(-c4nc5c(-c6ccccc6F)cncc5[nH]4)n[nH]c3cn2)c1. The number of pyridine rings is 3. The number of H-pyrrole nitrogens is 2. The minimum absolute atomic E-state index is 0.291. The molecular weight excluding hydrogens is 443 g/mol. The zero-order chi connectivity index (χ0) is 23.9. The second-order valence-corrected chi connectivity index (χ2v) is 8.60. The van der Waals surface area contributed by atoms with Crippen molar-refractivity contribution in [3.05, 3.63) is 73.2 Å². The Morgan fingerprint density at radius 3 is 2.63 bits per heavy atom. The molecule has 0 atom stereocenters. The number of nitrogens with zero attached hydrogens (tertiary/aromatic N) is 5. The van der Waals surface area contributed by atoms with Crippen LogP contribution in [0.1, 0.15) is 13.8 Å². The molecular formula is C26H21FN8. The number of rotatable bonds is 5. The van der Waals surface area contributed by atoms with E-state index in [4.69, 9.17) is 4.98 Å². The lowest BCUT2D eigenvalue weighted by Gasteiger charge is -2.10. The molecule has 0 saturated carbocycles. The molecule has 5 aromatic heterocycles. The van der Waals surface area contributed by atoms with Gasteiger partial charge in [-0.1, -0.05) is 18.2 Å². The highest BCUT2D eigenvalue weighted by molar-refractivity contribution is 5.97. The Hall–Kier alpha value is -4.66. The Balaban J connectivity index is 1.46. The molecule has 0 fully saturated rings. The van der Waals surface area contributed by atoms with Crippen molar-refractivity contribution < 1.29 is 4.39 Å². The Bertz CT molecular complexity index is 1680. The summed E-state index contributed by atoms with van der Waals surface area (Å²) in [6, 6.07) is 10.9. The van der Waals surface area contributed by atoms with Gasteiger partial charge >= 0.3 is 0 Å². The molecule has 35 heavy (non-hydrogen) atoms. The van der Waals surface area contributed by atoms with Crippen molar-refractivity contribution in [2.24, 2.45) is 0 Å². The molecule has 9 heteroatoms. The fraction of sp³-hybridized carbons (Fsp3) is 0.115. The van der Waals surface area contributed by atoms with Crippen LogP contribution in [0.4, 0.5) is 10.1 Å². The predicted octanol–water partition coefficient (Wildman–Crippen LogP) is 5.58. The van der Waals surface area contributed by atoms with E-state index in [9.17, 15) is 4.39 Å². The number of nitrogens with one attached hydrogen (secondary N) is 3. The van der Waals surface area contributed by atoms with Crippen LogP contribution in [0.3, 0.4) is 0 Å². The average molecular weight is 465 g/mol. The van der Waals surface area contributed by atoms with Crippen molar-refractivity contribution in [2.45, 2.75) is 19.9 Å². The van der Waals surface area contributed by atoms with Gasteiger partial charge in [0.1, 0.15) is 17.0 Å². The molecule has 0 unspecified atom stereocenters. The fourth-order valence-corrected chi connectivity index (χ4v) is 4.17. The molecule has 8 nitrogen and oxygen atoms in total. The highest BCUT2D eigenvalue weighted by Crippen LogP contribution is 2.33. The van der Waals surface area contributed by atoms with Crippen LogP contribution in [-0.2, 0) is 0 Å². The second kappa shape index (κ2) is 8.28. The molecule has 3 N–H and O–H groups in total. The molecule has 0 radical (unpaired) electrons. The monoisotopic (exact) mass is 464 g/mol. The van der Waals surface area contributed by atoms with Crippen LogP contribution >= 0.6 is 0 Å². The third kappa shape index (κ3) is 3.76. The van der Waals surface area contributed by atoms with Crippen LogP contribution in [0.2, 0.25) is 0 Å². The summed E-state index contributed by atoms with van der Waals surface area (Å²) in [6.07, 6.45) is 8.63. The molecule has 0 saturated heterocycles. The van der Waals surface area contributed by atoms with Crippen LogP contribution in [0.5, 0.6) is 0 Å². The second-order valence-electron chi connectivity index (χ2n) is 8.60. The number of benzene rings is 1. The van der Waals surface area contributed by atoms with Crippen LogP contribution in [0.15, 0.2) is 67.4 Å². The molecule has 6 rings (SSSR count). The van der Waals surface area contributed by atoms with Gasteiger partial charge < -0.3 is 10.3 Å². The summed E-state index contributed by atoms with van der Waals surface area (Å²) in [4.78, 5) is 21.3. The van der Waals surface area contributed by atoms with E-state index in [1.165, 1.54) is 6.07 Å². The van der Waals surface area contributed by atoms with E-state index in [0.717, 1.165) is 27.8 Å². The normalized spacial score (nSPS) is 11.5. The highest BCUT2D eigenvalue weighted by atomic mass is 19.1. The van der Waals surface area contributed by atoms with Crippen molar-refractivity contribution in [2.75, 3.05) is 5.32 Å². The first-order valence-electron chi connectivity index (χ1n) is 11.2. The number of hydrogen-bond acceptors (Lipinski definition) is 6. The van der Waals surface area contributed by atoms with Gasteiger partial charge in [-0.25, -0.2) is 9.37 Å². The van der Waals surface area contributed by atoms with Gasteiger partial charge in [0, 0.05) is 46.7 Å². The summed E-state index contributed by atoms with van der Waals surface area (Å²) < 4.78 is 14.5. The van der Waals surface area contributed by atoms with E-state index in [-0.39, 0.29) is 5.82 Å². The Kier molecular flexibility index (Phi) is 4.95. The van der Waals surface area contributed by atoms with Crippen molar-refractivity contribution in [1.82, 2.24) is 35.1 Å². The quantitative estimate of drug-likeness (QED) is 0.307. The summed E-state index contributed by atoms with van der Waals surface area (Å²) in [6.45, 7) is 4.16. The number of halogens is 1. The summed E-state index contributed by atoms with van der Waals surface area (Å²) >= 11 is 0. The van der Waals surface area contributed by atoms with Crippen molar-refractivity contribution in [1.29, 1.82) is 0 Å². The van der Waals surface area contributed by atoms with Gasteiger partial charge in [0.2, 0.25) is 0 Å². The summed E-state index contributed by atoms with van der Waals surface area (Å²) in [5, 5.41) is 11.7. The van der Waals surface area contributed by atoms with Crippen LogP contribution in [0, 0.1) is 5.82 Å². The number of fused-ring (bicyclic) bond motifs is 2. The highest BCUT2D eigenvalue weighted by Gasteiger charge is 2.17. The largest absolute Gasteiger partial charge is 0.382 e. The van der Waals surface area contributed by atoms with E-state index in [1.807, 2.05) is 12.1 Å². The maximum Gasteiger partial charge on any atom is 0.159 e. The smallest absolute Gasteiger partial charge is 0.159 e. The van der Waals surface area contributed by atoms with E-state index in [1.54, 1.807) is 49.2 Å². The van der Waals surface area contributed by atoms with E-state index in [2.05, 4.69) is 49.3 Å². The lowest BCUT2D eigenvalue weighted by atomic mass is 10.1. The van der Waals surface area contributed by atoms with Crippen LogP contribution in [-0.4, -0.2) is 41.2 Å². The first-order chi connectivity index (χ1) is 17.1. The summed E-state index contributed by atoms with van der Waals surface area (Å²) in [7, 11) is 0. The van der Waals surface area contributed by atoms with Crippen LogP contribution in [0.25, 0.3) is 55.8 Å². The number of imidazole rings is 1. The first kappa shape index (κ1) is 20.9. The van der Waals surface area contributed by atoms with Crippen molar-refractivity contribution in [3.63, 3.8) is 0 Å². The first-order valence-corrected chi connectivity index (χ1v) is 11.2. The zero-order valence-corrected chi connectivity index (χ0v) is 19.0. The molecule has 0 spiro atoms. The Morgan fingerprint density at radius 2 is 1.77 bits per heavy atom. The van der Waals surface area contributed by atoms with E-state index in [0.29, 0.717) is 39.7 Å². The molecule has 0 aliphatic heterocycles. The van der Waals surface area contributed by atoms with Gasteiger partial charge in [-0.3, -0.25) is 20.1 Å². The van der Waals surface area contributed by atoms with Gasteiger partial charge in [-0.05, 0) is 32.0 Å². The standard InChI is InChI=1S/C26H21FN8/c1-14(2)31-16-7-15(9-28-10-16)21-8-18-22(13-30-21)34-35-25(18)26-32-23-12-29-11-19(24(23)33-26)17-5-3-4-6-20(17)27/h3-14,31H,1-2H3,(H,32,33)(H,34,35). The zero-order valence-electron chi connectivity index (χ0n) is 19.0.